The minimum atomic E-state index is 0.742. The van der Waals surface area contributed by atoms with Crippen LogP contribution in [0.1, 0.15) is 17.0 Å². The minimum Gasteiger partial charge on any atom is -0.361 e. The zero-order valence-corrected chi connectivity index (χ0v) is 11.2. The van der Waals surface area contributed by atoms with Gasteiger partial charge in [-0.1, -0.05) is 11.2 Å². The number of rotatable bonds is 4. The lowest BCUT2D eigenvalue weighted by Crippen LogP contribution is -2.04. The molecule has 4 nitrogen and oxygen atoms in total. The molecular formula is C15H17N3O. The summed E-state index contributed by atoms with van der Waals surface area (Å²) in [5, 5.41) is 8.46. The van der Waals surface area contributed by atoms with Gasteiger partial charge in [-0.15, -0.1) is 0 Å². The number of benzene rings is 1. The molecular weight excluding hydrogens is 238 g/mol. The molecule has 0 amide bonds. The van der Waals surface area contributed by atoms with Crippen LogP contribution in [0.3, 0.4) is 0 Å². The summed E-state index contributed by atoms with van der Waals surface area (Å²) in [7, 11) is 1.96. The molecule has 0 saturated heterocycles. The number of fused-ring (bicyclic) bond motifs is 1. The summed E-state index contributed by atoms with van der Waals surface area (Å²) in [5.74, 6) is 0.850. The van der Waals surface area contributed by atoms with Gasteiger partial charge >= 0.3 is 0 Å². The molecule has 0 aliphatic rings. The normalized spacial score (nSPS) is 11.3. The van der Waals surface area contributed by atoms with Crippen LogP contribution in [0.2, 0.25) is 0 Å². The lowest BCUT2D eigenvalue weighted by molar-refractivity contribution is 0.389. The molecule has 0 aliphatic carbocycles. The predicted octanol–water partition coefficient (Wildman–Crippen LogP) is 2.71. The summed E-state index contributed by atoms with van der Waals surface area (Å²) in [6, 6.07) is 10.7. The summed E-state index contributed by atoms with van der Waals surface area (Å²) in [6.45, 7) is 3.55. The van der Waals surface area contributed by atoms with Gasteiger partial charge in [0.25, 0.3) is 0 Å². The van der Waals surface area contributed by atoms with Gasteiger partial charge in [0.05, 0.1) is 6.54 Å². The van der Waals surface area contributed by atoms with E-state index in [0.29, 0.717) is 0 Å². The highest BCUT2D eigenvalue weighted by Gasteiger charge is 2.05. The van der Waals surface area contributed by atoms with Crippen molar-refractivity contribution in [2.45, 2.75) is 20.0 Å². The summed E-state index contributed by atoms with van der Waals surface area (Å²) in [4.78, 5) is 0. The van der Waals surface area contributed by atoms with Crippen molar-refractivity contribution >= 4 is 10.9 Å². The fourth-order valence-electron chi connectivity index (χ4n) is 2.37. The molecule has 0 spiro atoms. The van der Waals surface area contributed by atoms with E-state index in [1.54, 1.807) is 0 Å². The molecule has 98 valence electrons. The first kappa shape index (κ1) is 12.0. The fraction of sp³-hybridized carbons (Fsp3) is 0.267. The summed E-state index contributed by atoms with van der Waals surface area (Å²) < 4.78 is 7.30. The van der Waals surface area contributed by atoms with Gasteiger partial charge in [-0.3, -0.25) is 0 Å². The SMILES string of the molecule is CNCc1ccc2c(ccn2Cc2cc(C)on2)c1. The van der Waals surface area contributed by atoms with Crippen LogP contribution in [0.25, 0.3) is 10.9 Å². The van der Waals surface area contributed by atoms with Gasteiger partial charge in [0.15, 0.2) is 0 Å². The highest BCUT2D eigenvalue weighted by Crippen LogP contribution is 2.19. The van der Waals surface area contributed by atoms with Gasteiger partial charge in [0.2, 0.25) is 0 Å². The third-order valence-electron chi connectivity index (χ3n) is 3.23. The summed E-state index contributed by atoms with van der Waals surface area (Å²) >= 11 is 0. The van der Waals surface area contributed by atoms with E-state index in [-0.39, 0.29) is 0 Å². The average molecular weight is 255 g/mol. The number of hydrogen-bond donors (Lipinski definition) is 1. The van der Waals surface area contributed by atoms with Gasteiger partial charge in [0, 0.05) is 24.3 Å². The van der Waals surface area contributed by atoms with E-state index in [0.717, 1.165) is 24.5 Å². The van der Waals surface area contributed by atoms with Crippen molar-refractivity contribution in [1.29, 1.82) is 0 Å². The number of nitrogens with one attached hydrogen (secondary N) is 1. The van der Waals surface area contributed by atoms with E-state index in [4.69, 9.17) is 4.52 Å². The van der Waals surface area contributed by atoms with Gasteiger partial charge in [-0.25, -0.2) is 0 Å². The van der Waals surface area contributed by atoms with Crippen LogP contribution < -0.4 is 5.32 Å². The van der Waals surface area contributed by atoms with E-state index >= 15 is 0 Å². The first-order valence-electron chi connectivity index (χ1n) is 6.41. The quantitative estimate of drug-likeness (QED) is 0.779. The van der Waals surface area contributed by atoms with Gasteiger partial charge < -0.3 is 14.4 Å². The van der Waals surface area contributed by atoms with E-state index in [2.05, 4.69) is 45.5 Å². The first-order chi connectivity index (χ1) is 9.26. The molecule has 4 heteroatoms. The van der Waals surface area contributed by atoms with Crippen LogP contribution in [-0.2, 0) is 13.1 Å². The second kappa shape index (κ2) is 4.90. The number of hydrogen-bond acceptors (Lipinski definition) is 3. The van der Waals surface area contributed by atoms with E-state index in [1.807, 2.05) is 20.0 Å². The third-order valence-corrected chi connectivity index (χ3v) is 3.23. The van der Waals surface area contributed by atoms with Crippen molar-refractivity contribution in [3.8, 4) is 0 Å². The average Bonchev–Trinajstić information content (AvgIpc) is 2.97. The summed E-state index contributed by atoms with van der Waals surface area (Å²) in [6.07, 6.45) is 2.10. The second-order valence-corrected chi connectivity index (χ2v) is 4.80. The molecule has 0 bridgehead atoms. The largest absolute Gasteiger partial charge is 0.361 e. The smallest absolute Gasteiger partial charge is 0.133 e. The van der Waals surface area contributed by atoms with E-state index < -0.39 is 0 Å². The molecule has 0 saturated carbocycles. The number of nitrogens with zero attached hydrogens (tertiary/aromatic N) is 2. The Morgan fingerprint density at radius 3 is 2.89 bits per heavy atom. The van der Waals surface area contributed by atoms with Crippen molar-refractivity contribution < 1.29 is 4.52 Å². The Morgan fingerprint density at radius 1 is 1.26 bits per heavy atom. The molecule has 2 heterocycles. The predicted molar refractivity (Wildman–Crippen MR) is 75.0 cm³/mol. The molecule has 0 radical (unpaired) electrons. The van der Waals surface area contributed by atoms with Gasteiger partial charge in [-0.05, 0) is 43.1 Å². The van der Waals surface area contributed by atoms with Crippen molar-refractivity contribution in [2.75, 3.05) is 7.05 Å². The Hall–Kier alpha value is -2.07. The zero-order chi connectivity index (χ0) is 13.2. The van der Waals surface area contributed by atoms with Crippen molar-refractivity contribution in [1.82, 2.24) is 15.0 Å². The summed E-state index contributed by atoms with van der Waals surface area (Å²) in [5.41, 5.74) is 3.47. The zero-order valence-electron chi connectivity index (χ0n) is 11.2. The van der Waals surface area contributed by atoms with E-state index in [9.17, 15) is 0 Å². The van der Waals surface area contributed by atoms with Gasteiger partial charge in [0.1, 0.15) is 11.5 Å². The Kier molecular flexibility index (Phi) is 3.09. The maximum Gasteiger partial charge on any atom is 0.133 e. The van der Waals surface area contributed by atoms with Crippen LogP contribution in [-0.4, -0.2) is 16.8 Å². The maximum absolute atomic E-state index is 5.10. The molecule has 1 aromatic carbocycles. The van der Waals surface area contributed by atoms with Crippen LogP contribution >= 0.6 is 0 Å². The lowest BCUT2D eigenvalue weighted by Gasteiger charge is -2.04. The van der Waals surface area contributed by atoms with Gasteiger partial charge in [-0.2, -0.15) is 0 Å². The Bertz CT molecular complexity index is 696. The minimum absolute atomic E-state index is 0.742. The second-order valence-electron chi connectivity index (χ2n) is 4.80. The lowest BCUT2D eigenvalue weighted by atomic mass is 10.1. The standard InChI is InChI=1S/C15H17N3O/c1-11-7-14(17-19-11)10-18-6-5-13-8-12(9-16-2)3-4-15(13)18/h3-8,16H,9-10H2,1-2H3. The Labute approximate surface area is 112 Å². The molecule has 1 N–H and O–H groups in total. The number of aromatic nitrogens is 2. The third kappa shape index (κ3) is 2.39. The molecule has 3 aromatic rings. The van der Waals surface area contributed by atoms with Crippen LogP contribution in [0.5, 0.6) is 0 Å². The molecule has 2 aromatic heterocycles. The van der Waals surface area contributed by atoms with Crippen molar-refractivity contribution in [3.63, 3.8) is 0 Å². The molecule has 0 fully saturated rings. The van der Waals surface area contributed by atoms with Crippen molar-refractivity contribution in [2.24, 2.45) is 0 Å². The molecule has 19 heavy (non-hydrogen) atoms. The van der Waals surface area contributed by atoms with Crippen molar-refractivity contribution in [3.05, 3.63) is 53.5 Å². The molecule has 3 rings (SSSR count). The molecule has 0 aliphatic heterocycles. The van der Waals surface area contributed by atoms with E-state index in [1.165, 1.54) is 16.5 Å². The van der Waals surface area contributed by atoms with Crippen LogP contribution in [0, 0.1) is 6.92 Å². The Morgan fingerprint density at radius 2 is 2.16 bits per heavy atom. The molecule has 0 unspecified atom stereocenters. The topological polar surface area (TPSA) is 43.0 Å². The molecule has 0 atom stereocenters. The number of aryl methyl sites for hydroxylation is 1. The van der Waals surface area contributed by atoms with Crippen LogP contribution in [0.4, 0.5) is 0 Å². The highest BCUT2D eigenvalue weighted by atomic mass is 16.5. The first-order valence-corrected chi connectivity index (χ1v) is 6.41. The highest BCUT2D eigenvalue weighted by molar-refractivity contribution is 5.81. The van der Waals surface area contributed by atoms with Crippen LogP contribution in [0.15, 0.2) is 41.1 Å². The Balaban J connectivity index is 1.92. The maximum atomic E-state index is 5.10. The monoisotopic (exact) mass is 255 g/mol. The fourth-order valence-corrected chi connectivity index (χ4v) is 2.37.